The van der Waals surface area contributed by atoms with Crippen LogP contribution in [-0.2, 0) is 56.0 Å². The van der Waals surface area contributed by atoms with E-state index in [4.69, 9.17) is 44.6 Å². The third-order valence-corrected chi connectivity index (χ3v) is 10.5. The lowest BCUT2D eigenvalue weighted by molar-refractivity contribution is -0.162. The van der Waals surface area contributed by atoms with Crippen LogP contribution in [0, 0.1) is 11.8 Å². The Kier molecular flexibility index (Phi) is 19.1. The van der Waals surface area contributed by atoms with E-state index < -0.39 is 42.3 Å². The topological polar surface area (TPSA) is 186 Å². The van der Waals surface area contributed by atoms with Gasteiger partial charge in [0.05, 0.1) is 70.1 Å². The Morgan fingerprint density at radius 1 is 0.879 bits per heavy atom. The average molecular weight is 814 g/mol. The zero-order chi connectivity index (χ0) is 42.2. The van der Waals surface area contributed by atoms with Crippen LogP contribution in [0.3, 0.4) is 0 Å². The van der Waals surface area contributed by atoms with Gasteiger partial charge in [0.1, 0.15) is 24.5 Å². The molecule has 15 heteroatoms. The molecule has 4 rings (SSSR count). The Bertz CT molecular complexity index is 1580. The lowest BCUT2D eigenvalue weighted by atomic mass is 9.83. The number of nitrogens with two attached hydrogens (primary N) is 2. The van der Waals surface area contributed by atoms with Crippen LogP contribution in [-0.4, -0.2) is 133 Å². The molecule has 2 aliphatic rings. The molecule has 0 spiro atoms. The van der Waals surface area contributed by atoms with E-state index in [-0.39, 0.29) is 50.0 Å². The molecule has 324 valence electrons. The molecule has 2 unspecified atom stereocenters. The summed E-state index contributed by atoms with van der Waals surface area (Å²) in [5.41, 5.74) is 15.9. The average Bonchev–Trinajstić information content (AvgIpc) is 3.22. The number of nitrogens with zero attached hydrogens (tertiary/aromatic N) is 2. The van der Waals surface area contributed by atoms with Gasteiger partial charge in [0.2, 0.25) is 11.8 Å². The van der Waals surface area contributed by atoms with Crippen LogP contribution >= 0.6 is 0 Å². The summed E-state index contributed by atoms with van der Waals surface area (Å²) in [4.78, 5) is 43.2. The van der Waals surface area contributed by atoms with Crippen LogP contribution in [0.1, 0.15) is 63.6 Å². The monoisotopic (exact) mass is 813 g/mol. The molecule has 0 radical (unpaired) electrons. The normalized spacial score (nSPS) is 19.7. The summed E-state index contributed by atoms with van der Waals surface area (Å²) in [6, 6.07) is 12.7. The highest BCUT2D eigenvalue weighted by molar-refractivity contribution is 5.85. The first-order valence-corrected chi connectivity index (χ1v) is 20.5. The summed E-state index contributed by atoms with van der Waals surface area (Å²) < 4.78 is 41.4. The minimum Gasteiger partial charge on any atom is -0.490 e. The minimum atomic E-state index is -0.867. The molecule has 1 fully saturated rings. The lowest BCUT2D eigenvalue weighted by Gasteiger charge is -2.44. The summed E-state index contributed by atoms with van der Waals surface area (Å²) >= 11 is 0. The maximum atomic E-state index is 13.9. The molecule has 0 aromatic heterocycles. The van der Waals surface area contributed by atoms with Crippen molar-refractivity contribution in [2.45, 2.75) is 90.6 Å². The number of fused-ring (bicyclic) bond motifs is 1. The number of hydrogen-bond acceptors (Lipinski definition) is 13. The molecule has 58 heavy (non-hydrogen) atoms. The molecular weight excluding hydrogens is 746 g/mol. The molecule has 2 heterocycles. The van der Waals surface area contributed by atoms with Gasteiger partial charge in [-0.1, -0.05) is 58.0 Å². The van der Waals surface area contributed by atoms with Crippen LogP contribution in [0.25, 0.3) is 0 Å². The van der Waals surface area contributed by atoms with E-state index in [0.29, 0.717) is 39.6 Å². The Morgan fingerprint density at radius 3 is 2.22 bits per heavy atom. The van der Waals surface area contributed by atoms with Crippen molar-refractivity contribution >= 4 is 23.5 Å². The Morgan fingerprint density at radius 2 is 1.57 bits per heavy atom. The summed E-state index contributed by atoms with van der Waals surface area (Å²) in [7, 11) is 3.35. The Balaban J connectivity index is 1.62. The van der Waals surface area contributed by atoms with Crippen molar-refractivity contribution in [3.63, 3.8) is 0 Å². The lowest BCUT2D eigenvalue weighted by Crippen LogP contribution is -2.58. The largest absolute Gasteiger partial charge is 0.490 e. The van der Waals surface area contributed by atoms with Crippen LogP contribution in [0.15, 0.2) is 42.5 Å². The van der Waals surface area contributed by atoms with Crippen LogP contribution in [0.5, 0.6) is 5.75 Å². The van der Waals surface area contributed by atoms with E-state index in [2.05, 4.69) is 28.4 Å². The van der Waals surface area contributed by atoms with Crippen LogP contribution in [0.4, 0.5) is 5.69 Å². The van der Waals surface area contributed by atoms with Gasteiger partial charge in [-0.15, -0.1) is 0 Å². The second-order valence-corrected chi connectivity index (χ2v) is 15.8. The van der Waals surface area contributed by atoms with Crippen molar-refractivity contribution in [2.75, 3.05) is 84.9 Å². The van der Waals surface area contributed by atoms with Gasteiger partial charge >= 0.3 is 5.97 Å². The molecule has 0 saturated carbocycles. The third-order valence-electron chi connectivity index (χ3n) is 10.5. The maximum Gasteiger partial charge on any atom is 0.329 e. The number of benzene rings is 2. The van der Waals surface area contributed by atoms with Gasteiger partial charge < -0.3 is 59.7 Å². The van der Waals surface area contributed by atoms with E-state index in [1.807, 2.05) is 52.0 Å². The van der Waals surface area contributed by atoms with Gasteiger partial charge in [0.15, 0.2) is 0 Å². The highest BCUT2D eigenvalue weighted by Gasteiger charge is 2.42. The molecule has 0 aliphatic carbocycles. The number of carbonyl (C=O) groups is 3. The SMILES string of the molecule is COCCCN1CCOc2ccc(CO[C@H]3CN(C(=O)C(N)C(C)C)C[C@@H](OC[C@@H](C)OC(=O)[C@@H](NC(=O)CN)C(C)C)C3c3ccc(COCCOC)cc3)cc21. The molecule has 2 amide bonds. The van der Waals surface area contributed by atoms with E-state index >= 15 is 0 Å². The predicted molar refractivity (Wildman–Crippen MR) is 220 cm³/mol. The number of nitrogens with one attached hydrogen (secondary N) is 1. The van der Waals surface area contributed by atoms with Crippen LogP contribution in [0.2, 0.25) is 0 Å². The van der Waals surface area contributed by atoms with Gasteiger partial charge in [-0.2, -0.15) is 0 Å². The van der Waals surface area contributed by atoms with Gasteiger partial charge in [-0.3, -0.25) is 9.59 Å². The number of anilines is 1. The standard InChI is InChI=1S/C43H67N5O10/c1-28(2)40(45)42(50)48-23-36(56-25-30(5)58-43(51)41(29(3)4)46-38(49)22-44)39(33-12-9-31(10-13-33)26-54-20-19-53-7)37(24-48)57-27-32-11-14-35-34(21-32)47(16-18-55-35)15-8-17-52-6/h9-14,21,28-30,36-37,39-41H,8,15-20,22-27,44-45H2,1-7H3,(H,46,49)/t30-,36-,37+,39?,40?,41+/m1/s1. The van der Waals surface area contributed by atoms with E-state index in [0.717, 1.165) is 47.6 Å². The fourth-order valence-corrected chi connectivity index (χ4v) is 7.10. The zero-order valence-corrected chi connectivity index (χ0v) is 35.5. The number of ether oxygens (including phenoxy) is 7. The fourth-order valence-electron chi connectivity index (χ4n) is 7.10. The number of likely N-dealkylation sites (tertiary alicyclic amines) is 1. The van der Waals surface area contributed by atoms with Crippen molar-refractivity contribution in [3.05, 3.63) is 59.2 Å². The molecule has 5 N–H and O–H groups in total. The second kappa shape index (κ2) is 23.7. The first-order chi connectivity index (χ1) is 27.9. The van der Waals surface area contributed by atoms with E-state index in [1.54, 1.807) is 26.0 Å². The minimum absolute atomic E-state index is 0.0304. The van der Waals surface area contributed by atoms with Crippen molar-refractivity contribution in [1.82, 2.24) is 10.2 Å². The summed E-state index contributed by atoms with van der Waals surface area (Å²) in [5, 5.41) is 2.65. The number of hydrogen-bond donors (Lipinski definition) is 3. The molecule has 1 saturated heterocycles. The number of methoxy groups -OCH3 is 2. The molecule has 6 atom stereocenters. The molecule has 15 nitrogen and oxygen atoms in total. The van der Waals surface area contributed by atoms with Crippen molar-refractivity contribution in [1.29, 1.82) is 0 Å². The molecular formula is C43H67N5O10. The van der Waals surface area contributed by atoms with E-state index in [1.165, 1.54) is 0 Å². The first-order valence-electron chi connectivity index (χ1n) is 20.5. The smallest absolute Gasteiger partial charge is 0.329 e. The fraction of sp³-hybridized carbons (Fsp3) is 0.651. The van der Waals surface area contributed by atoms with Crippen LogP contribution < -0.4 is 26.4 Å². The summed E-state index contributed by atoms with van der Waals surface area (Å²) in [6.07, 6.45) is -0.837. The molecule has 0 bridgehead atoms. The van der Waals surface area contributed by atoms with Crippen molar-refractivity contribution in [2.24, 2.45) is 23.3 Å². The Hall–Kier alpha value is -3.83. The molecule has 2 aromatic rings. The number of amides is 2. The van der Waals surface area contributed by atoms with Gasteiger partial charge in [0.25, 0.3) is 0 Å². The number of carbonyl (C=O) groups excluding carboxylic acids is 3. The van der Waals surface area contributed by atoms with Gasteiger partial charge in [0, 0.05) is 46.4 Å². The highest BCUT2D eigenvalue weighted by atomic mass is 16.6. The van der Waals surface area contributed by atoms with Gasteiger partial charge in [-0.25, -0.2) is 4.79 Å². The highest BCUT2D eigenvalue weighted by Crippen LogP contribution is 2.36. The number of rotatable bonds is 23. The third kappa shape index (κ3) is 13.6. The van der Waals surface area contributed by atoms with Crippen molar-refractivity contribution in [3.8, 4) is 5.75 Å². The summed E-state index contributed by atoms with van der Waals surface area (Å²) in [5.74, 6) is -1.01. The molecule has 2 aliphatic heterocycles. The van der Waals surface area contributed by atoms with E-state index in [9.17, 15) is 14.4 Å². The number of esters is 1. The van der Waals surface area contributed by atoms with Crippen molar-refractivity contribution < 1.29 is 47.5 Å². The number of piperidine rings is 1. The van der Waals surface area contributed by atoms with Gasteiger partial charge in [-0.05, 0) is 54.0 Å². The second-order valence-electron chi connectivity index (χ2n) is 15.8. The Labute approximate surface area is 344 Å². The quantitative estimate of drug-likeness (QED) is 0.110. The molecule has 2 aromatic carbocycles. The predicted octanol–water partition coefficient (Wildman–Crippen LogP) is 3.00. The summed E-state index contributed by atoms with van der Waals surface area (Å²) in [6.45, 7) is 14.1. The first kappa shape index (κ1) is 46.9. The maximum absolute atomic E-state index is 13.9. The zero-order valence-electron chi connectivity index (χ0n) is 35.5.